The van der Waals surface area contributed by atoms with Crippen LogP contribution in [0.4, 0.5) is 0 Å². The maximum absolute atomic E-state index is 7.77. The van der Waals surface area contributed by atoms with Gasteiger partial charge in [0.15, 0.2) is 0 Å². The van der Waals surface area contributed by atoms with Crippen molar-refractivity contribution in [1.82, 2.24) is 0 Å². The minimum Gasteiger partial charge on any atom is -0.390 e. The molecular weight excluding hydrogens is 136 g/mol. The van der Waals surface area contributed by atoms with Crippen molar-refractivity contribution in [2.75, 3.05) is 0 Å². The smallest absolute Gasteiger partial charge is 0.390 e. The second-order valence-corrected chi connectivity index (χ2v) is 2.91. The zero-order chi connectivity index (χ0) is 4.50. The molecule has 0 aromatic rings. The van der Waals surface area contributed by atoms with Crippen LogP contribution in [0.2, 0.25) is 6.55 Å². The van der Waals surface area contributed by atoms with E-state index in [2.05, 4.69) is 0 Å². The van der Waals surface area contributed by atoms with Crippen molar-refractivity contribution in [2.45, 2.75) is 6.55 Å². The van der Waals surface area contributed by atoms with Crippen LogP contribution in [0.3, 0.4) is 0 Å². The predicted octanol–water partition coefficient (Wildman–Crippen LogP) is -1.47. The first-order valence-electron chi connectivity index (χ1n) is 1.17. The van der Waals surface area contributed by atoms with Crippen molar-refractivity contribution >= 4 is 8.80 Å². The molecule has 0 saturated heterocycles. The van der Waals surface area contributed by atoms with Gasteiger partial charge in [-0.2, -0.15) is 0 Å². The van der Waals surface area contributed by atoms with E-state index >= 15 is 0 Å². The van der Waals surface area contributed by atoms with Crippen LogP contribution in [0.1, 0.15) is 0 Å². The summed E-state index contributed by atoms with van der Waals surface area (Å²) in [4.78, 5) is 23.3. The van der Waals surface area contributed by atoms with Crippen molar-refractivity contribution in [2.24, 2.45) is 0 Å². The molecule has 0 amide bonds. The molecule has 0 aliphatic carbocycles. The number of rotatable bonds is 0. The van der Waals surface area contributed by atoms with Gasteiger partial charge >= 0.3 is 8.80 Å². The molecule has 3 nitrogen and oxygen atoms in total. The Hall–Kier alpha value is 0.811. The van der Waals surface area contributed by atoms with Crippen LogP contribution in [0.5, 0.6) is 0 Å². The first-order valence-corrected chi connectivity index (χ1v) is 3.51. The van der Waals surface area contributed by atoms with E-state index < -0.39 is 8.80 Å². The van der Waals surface area contributed by atoms with Crippen LogP contribution in [0.25, 0.3) is 0 Å². The molecule has 3 N–H and O–H groups in total. The zero-order valence-corrected chi connectivity index (χ0v) is 5.90. The molecule has 0 aliphatic heterocycles. The van der Waals surface area contributed by atoms with Crippen LogP contribution in [-0.2, 0) is 21.7 Å². The van der Waals surface area contributed by atoms with Gasteiger partial charge in [0.05, 0.1) is 0 Å². The quantitative estimate of drug-likeness (QED) is 0.362. The fourth-order valence-corrected chi connectivity index (χ4v) is 0. The van der Waals surface area contributed by atoms with E-state index in [4.69, 9.17) is 14.4 Å². The molecule has 0 unspecified atom stereocenters. The second-order valence-electron chi connectivity index (χ2n) is 0.971. The van der Waals surface area contributed by atoms with Gasteiger partial charge in [0, 0.05) is 28.3 Å². The van der Waals surface area contributed by atoms with Crippen molar-refractivity contribution < 1.29 is 36.1 Å². The standard InChI is InChI=1S/CH6O3Si.Ti/c1-5(2,3)4;/h2-4H,1H3;. The topological polar surface area (TPSA) is 60.7 Å². The van der Waals surface area contributed by atoms with Crippen molar-refractivity contribution in [3.05, 3.63) is 0 Å². The molecular formula is CH6O3SiTi. The zero-order valence-electron chi connectivity index (χ0n) is 3.34. The van der Waals surface area contributed by atoms with Crippen LogP contribution < -0.4 is 0 Å². The van der Waals surface area contributed by atoms with Crippen LogP contribution in [0.15, 0.2) is 0 Å². The van der Waals surface area contributed by atoms with Gasteiger partial charge in [0.1, 0.15) is 0 Å². The summed E-state index contributed by atoms with van der Waals surface area (Å²) >= 11 is 0. The van der Waals surface area contributed by atoms with E-state index in [9.17, 15) is 0 Å². The molecule has 0 rings (SSSR count). The van der Waals surface area contributed by atoms with Gasteiger partial charge < -0.3 is 14.4 Å². The van der Waals surface area contributed by atoms with E-state index in [-0.39, 0.29) is 21.7 Å². The summed E-state index contributed by atoms with van der Waals surface area (Å²) in [5.74, 6) is 0. The summed E-state index contributed by atoms with van der Waals surface area (Å²) in [6, 6.07) is 0. The molecule has 0 bridgehead atoms. The summed E-state index contributed by atoms with van der Waals surface area (Å²) in [6.45, 7) is 0.993. The van der Waals surface area contributed by atoms with Crippen molar-refractivity contribution in [3.8, 4) is 0 Å². The third-order valence-electron chi connectivity index (χ3n) is 0. The maximum atomic E-state index is 7.77. The van der Waals surface area contributed by atoms with Crippen molar-refractivity contribution in [1.29, 1.82) is 0 Å². The minimum absolute atomic E-state index is 0. The molecule has 36 valence electrons. The van der Waals surface area contributed by atoms with Gasteiger partial charge in [-0.05, 0) is 0 Å². The monoisotopic (exact) mass is 142 g/mol. The molecule has 0 spiro atoms. The number of hydrogen-bond donors (Lipinski definition) is 3. The Morgan fingerprint density at radius 3 is 1.17 bits per heavy atom. The SMILES string of the molecule is C[Si](O)(O)O.[Ti]. The van der Waals surface area contributed by atoms with Gasteiger partial charge in [-0.15, -0.1) is 0 Å². The molecule has 0 heterocycles. The van der Waals surface area contributed by atoms with Gasteiger partial charge in [-0.3, -0.25) is 0 Å². The molecule has 0 saturated carbocycles. The molecule has 0 aliphatic rings. The predicted molar refractivity (Wildman–Crippen MR) is 18.3 cm³/mol. The average molecular weight is 142 g/mol. The third kappa shape index (κ3) is 106. The van der Waals surface area contributed by atoms with Gasteiger partial charge in [-0.25, -0.2) is 0 Å². The normalized spacial score (nSPS) is 10.0. The fraction of sp³-hybridized carbons (Fsp3) is 1.00. The Kier molecular flexibility index (Phi) is 4.80. The summed E-state index contributed by atoms with van der Waals surface area (Å²) in [5, 5.41) is 0. The maximum Gasteiger partial charge on any atom is 0.489 e. The molecule has 0 radical (unpaired) electrons. The van der Waals surface area contributed by atoms with E-state index in [1.54, 1.807) is 0 Å². The third-order valence-corrected chi connectivity index (χ3v) is 0. The van der Waals surface area contributed by atoms with Crippen LogP contribution in [-0.4, -0.2) is 23.2 Å². The first-order chi connectivity index (χ1) is 2.00. The van der Waals surface area contributed by atoms with Gasteiger partial charge in [0.25, 0.3) is 0 Å². The Morgan fingerprint density at radius 1 is 1.17 bits per heavy atom. The summed E-state index contributed by atoms with van der Waals surface area (Å²) < 4.78 is 0. The van der Waals surface area contributed by atoms with E-state index in [0.29, 0.717) is 0 Å². The molecule has 0 aromatic carbocycles. The van der Waals surface area contributed by atoms with E-state index in [1.807, 2.05) is 0 Å². The Labute approximate surface area is 51.9 Å². The largest absolute Gasteiger partial charge is 0.489 e. The molecule has 0 fully saturated rings. The van der Waals surface area contributed by atoms with E-state index in [1.165, 1.54) is 0 Å². The first kappa shape index (κ1) is 9.94. The van der Waals surface area contributed by atoms with Crippen LogP contribution >= 0.6 is 0 Å². The van der Waals surface area contributed by atoms with Crippen LogP contribution in [0, 0.1) is 0 Å². The van der Waals surface area contributed by atoms with Gasteiger partial charge in [-0.1, -0.05) is 0 Å². The Balaban J connectivity index is 0. The molecule has 6 heavy (non-hydrogen) atoms. The minimum atomic E-state index is -3.61. The average Bonchev–Trinajstić information content (AvgIpc) is 0.722. The second kappa shape index (κ2) is 2.90. The Morgan fingerprint density at radius 2 is 1.17 bits per heavy atom. The number of hydrogen-bond acceptors (Lipinski definition) is 3. The summed E-state index contributed by atoms with van der Waals surface area (Å²) in [5.41, 5.74) is 0. The molecule has 0 atom stereocenters. The molecule has 0 aromatic heterocycles. The Bertz CT molecular complexity index is 26.3. The van der Waals surface area contributed by atoms with Crippen molar-refractivity contribution in [3.63, 3.8) is 0 Å². The molecule has 5 heteroatoms. The van der Waals surface area contributed by atoms with E-state index in [0.717, 1.165) is 6.55 Å². The fourth-order valence-electron chi connectivity index (χ4n) is 0. The summed E-state index contributed by atoms with van der Waals surface area (Å²) in [6.07, 6.45) is 0. The van der Waals surface area contributed by atoms with Gasteiger partial charge in [0.2, 0.25) is 0 Å². The summed E-state index contributed by atoms with van der Waals surface area (Å²) in [7, 11) is -3.61.